The number of ether oxygens (including phenoxy) is 2. The SMILES string of the molecule is C=CCC1(COC)CC(=O)C([Si](C)(C)C)=C1COC. The summed E-state index contributed by atoms with van der Waals surface area (Å²) in [6.07, 6.45) is 3.18. The summed E-state index contributed by atoms with van der Waals surface area (Å²) in [7, 11) is 1.70. The lowest BCUT2D eigenvalue weighted by molar-refractivity contribution is -0.116. The molecule has 1 aliphatic carbocycles. The molecular formula is C15H26O3Si. The van der Waals surface area contributed by atoms with E-state index in [-0.39, 0.29) is 11.2 Å². The van der Waals surface area contributed by atoms with Crippen molar-refractivity contribution in [2.45, 2.75) is 32.5 Å². The molecule has 0 heterocycles. The van der Waals surface area contributed by atoms with Gasteiger partial charge in [0.1, 0.15) is 0 Å². The number of hydrogen-bond acceptors (Lipinski definition) is 3. The lowest BCUT2D eigenvalue weighted by atomic mass is 9.79. The molecule has 19 heavy (non-hydrogen) atoms. The van der Waals surface area contributed by atoms with Gasteiger partial charge in [0.25, 0.3) is 0 Å². The number of carbonyl (C=O) groups excluding carboxylic acids is 1. The first-order valence-corrected chi connectivity index (χ1v) is 10.2. The molecule has 0 aliphatic heterocycles. The average molecular weight is 282 g/mol. The highest BCUT2D eigenvalue weighted by atomic mass is 28.3. The van der Waals surface area contributed by atoms with Crippen LogP contribution in [-0.2, 0) is 14.3 Å². The summed E-state index contributed by atoms with van der Waals surface area (Å²) < 4.78 is 10.8. The van der Waals surface area contributed by atoms with Gasteiger partial charge in [0, 0.05) is 26.1 Å². The summed E-state index contributed by atoms with van der Waals surface area (Å²) in [5.74, 6) is 0.283. The molecule has 108 valence electrons. The Morgan fingerprint density at radius 3 is 2.37 bits per heavy atom. The third-order valence-corrected chi connectivity index (χ3v) is 5.79. The van der Waals surface area contributed by atoms with Crippen LogP contribution < -0.4 is 0 Å². The molecule has 1 aliphatic rings. The number of methoxy groups -OCH3 is 2. The van der Waals surface area contributed by atoms with Crippen LogP contribution in [0.4, 0.5) is 0 Å². The molecule has 0 amide bonds. The fraction of sp³-hybridized carbons (Fsp3) is 0.667. The first-order chi connectivity index (χ1) is 8.82. The first kappa shape index (κ1) is 16.3. The standard InChI is InChI=1S/C15H26O3Si/c1-7-8-15(11-18-3)9-13(16)14(19(4,5)6)12(15)10-17-2/h7H,1,8-11H2,2-6H3. The molecule has 4 heteroatoms. The Bertz CT molecular complexity index is 393. The zero-order chi connectivity index (χ0) is 14.7. The molecule has 0 saturated heterocycles. The average Bonchev–Trinajstić information content (AvgIpc) is 2.52. The maximum Gasteiger partial charge on any atom is 0.155 e. The normalized spacial score (nSPS) is 24.2. The van der Waals surface area contributed by atoms with Gasteiger partial charge >= 0.3 is 0 Å². The predicted octanol–water partition coefficient (Wildman–Crippen LogP) is 2.99. The molecule has 1 atom stereocenters. The molecule has 0 N–H and O–H groups in total. The van der Waals surface area contributed by atoms with Crippen LogP contribution in [0.15, 0.2) is 23.4 Å². The third-order valence-electron chi connectivity index (χ3n) is 3.71. The molecule has 0 saturated carbocycles. The minimum atomic E-state index is -1.67. The second-order valence-corrected chi connectivity index (χ2v) is 11.3. The highest BCUT2D eigenvalue weighted by molar-refractivity contribution is 6.87. The van der Waals surface area contributed by atoms with Crippen LogP contribution in [0.25, 0.3) is 0 Å². The summed E-state index contributed by atoms with van der Waals surface area (Å²) in [6, 6.07) is 0. The Hall–Kier alpha value is -0.713. The fourth-order valence-corrected chi connectivity index (χ4v) is 5.29. The van der Waals surface area contributed by atoms with Gasteiger partial charge in [-0.3, -0.25) is 4.79 Å². The second-order valence-electron chi connectivity index (χ2n) is 6.34. The Kier molecular flexibility index (Phi) is 5.30. The minimum Gasteiger partial charge on any atom is -0.384 e. The van der Waals surface area contributed by atoms with Crippen molar-refractivity contribution in [1.29, 1.82) is 0 Å². The van der Waals surface area contributed by atoms with E-state index >= 15 is 0 Å². The lowest BCUT2D eigenvalue weighted by Gasteiger charge is -2.31. The van der Waals surface area contributed by atoms with Crippen molar-refractivity contribution in [2.75, 3.05) is 27.4 Å². The van der Waals surface area contributed by atoms with Gasteiger partial charge in [-0.1, -0.05) is 25.7 Å². The number of carbonyl (C=O) groups is 1. The largest absolute Gasteiger partial charge is 0.384 e. The van der Waals surface area contributed by atoms with Crippen molar-refractivity contribution in [3.05, 3.63) is 23.4 Å². The highest BCUT2D eigenvalue weighted by Gasteiger charge is 2.47. The van der Waals surface area contributed by atoms with Crippen LogP contribution in [0.1, 0.15) is 12.8 Å². The number of Topliss-reactive ketones (excluding diaryl/α,β-unsaturated/α-hetero) is 1. The van der Waals surface area contributed by atoms with Gasteiger partial charge in [0.05, 0.1) is 21.3 Å². The summed E-state index contributed by atoms with van der Waals surface area (Å²) >= 11 is 0. The van der Waals surface area contributed by atoms with Crippen LogP contribution in [-0.4, -0.2) is 41.3 Å². The van der Waals surface area contributed by atoms with E-state index in [1.54, 1.807) is 14.2 Å². The van der Waals surface area contributed by atoms with Crippen molar-refractivity contribution in [1.82, 2.24) is 0 Å². The monoisotopic (exact) mass is 282 g/mol. The van der Waals surface area contributed by atoms with Gasteiger partial charge < -0.3 is 9.47 Å². The topological polar surface area (TPSA) is 35.5 Å². The smallest absolute Gasteiger partial charge is 0.155 e. The van der Waals surface area contributed by atoms with Crippen LogP contribution in [0.5, 0.6) is 0 Å². The van der Waals surface area contributed by atoms with Crippen molar-refractivity contribution in [3.8, 4) is 0 Å². The molecule has 0 bridgehead atoms. The molecule has 0 aromatic rings. The van der Waals surface area contributed by atoms with E-state index in [1.807, 2.05) is 6.08 Å². The summed E-state index contributed by atoms with van der Waals surface area (Å²) in [5, 5.41) is 1.05. The third kappa shape index (κ3) is 3.24. The molecule has 0 fully saturated rings. The van der Waals surface area contributed by atoms with Crippen LogP contribution in [0.3, 0.4) is 0 Å². The predicted molar refractivity (Wildman–Crippen MR) is 81.0 cm³/mol. The maximum atomic E-state index is 12.5. The molecule has 0 aromatic heterocycles. The molecule has 1 rings (SSSR count). The van der Waals surface area contributed by atoms with Gasteiger partial charge in [0.15, 0.2) is 5.78 Å². The zero-order valence-electron chi connectivity index (χ0n) is 12.8. The highest BCUT2D eigenvalue weighted by Crippen LogP contribution is 2.46. The van der Waals surface area contributed by atoms with Gasteiger partial charge in [-0.15, -0.1) is 6.58 Å². The lowest BCUT2D eigenvalue weighted by Crippen LogP contribution is -2.31. The molecular weight excluding hydrogens is 256 g/mol. The van der Waals surface area contributed by atoms with Gasteiger partial charge in [-0.25, -0.2) is 0 Å². The quantitative estimate of drug-likeness (QED) is 0.532. The van der Waals surface area contributed by atoms with Crippen molar-refractivity contribution in [3.63, 3.8) is 0 Å². The number of ketones is 1. The Balaban J connectivity index is 3.37. The number of allylic oxidation sites excluding steroid dienone is 2. The maximum absolute atomic E-state index is 12.5. The number of rotatable bonds is 7. The Morgan fingerprint density at radius 1 is 1.32 bits per heavy atom. The minimum absolute atomic E-state index is 0.237. The molecule has 0 radical (unpaired) electrons. The summed E-state index contributed by atoms with van der Waals surface area (Å²) in [5.41, 5.74) is 0.917. The van der Waals surface area contributed by atoms with E-state index in [4.69, 9.17) is 9.47 Å². The molecule has 3 nitrogen and oxygen atoms in total. The molecule has 0 spiro atoms. The van der Waals surface area contributed by atoms with Gasteiger partial charge in [-0.2, -0.15) is 0 Å². The second kappa shape index (κ2) is 6.16. The molecule has 1 unspecified atom stereocenters. The fourth-order valence-electron chi connectivity index (χ4n) is 3.12. The Morgan fingerprint density at radius 2 is 1.95 bits per heavy atom. The zero-order valence-corrected chi connectivity index (χ0v) is 13.8. The van der Waals surface area contributed by atoms with Gasteiger partial charge in [0.2, 0.25) is 0 Å². The Labute approximate surface area is 117 Å². The number of hydrogen-bond donors (Lipinski definition) is 0. The van der Waals surface area contributed by atoms with E-state index in [1.165, 1.54) is 0 Å². The summed E-state index contributed by atoms with van der Waals surface area (Å²) in [4.78, 5) is 12.5. The van der Waals surface area contributed by atoms with Crippen molar-refractivity contribution < 1.29 is 14.3 Å². The van der Waals surface area contributed by atoms with E-state index in [2.05, 4.69) is 26.2 Å². The van der Waals surface area contributed by atoms with Crippen molar-refractivity contribution >= 4 is 13.9 Å². The molecule has 0 aromatic carbocycles. The van der Waals surface area contributed by atoms with Gasteiger partial charge in [-0.05, 0) is 17.2 Å². The van der Waals surface area contributed by atoms with E-state index in [0.717, 1.165) is 17.2 Å². The van der Waals surface area contributed by atoms with Crippen molar-refractivity contribution in [2.24, 2.45) is 5.41 Å². The summed E-state index contributed by atoms with van der Waals surface area (Å²) in [6.45, 7) is 11.6. The van der Waals surface area contributed by atoms with Crippen LogP contribution >= 0.6 is 0 Å². The van der Waals surface area contributed by atoms with E-state index in [9.17, 15) is 4.79 Å². The van der Waals surface area contributed by atoms with Crippen LogP contribution in [0, 0.1) is 5.41 Å². The van der Waals surface area contributed by atoms with E-state index in [0.29, 0.717) is 19.6 Å². The first-order valence-electron chi connectivity index (χ1n) is 6.68. The van der Waals surface area contributed by atoms with E-state index < -0.39 is 8.07 Å². The van der Waals surface area contributed by atoms with Crippen LogP contribution in [0.2, 0.25) is 19.6 Å².